The average molecular weight is 660 g/mol. The van der Waals surface area contributed by atoms with Gasteiger partial charge in [-0.2, -0.15) is 0 Å². The first-order valence-electron chi connectivity index (χ1n) is 23.1. The molecule has 0 aromatic carbocycles. The van der Waals surface area contributed by atoms with Gasteiger partial charge in [-0.1, -0.05) is 297 Å². The van der Waals surface area contributed by atoms with Gasteiger partial charge >= 0.3 is 0 Å². The van der Waals surface area contributed by atoms with Crippen LogP contribution in [0.3, 0.4) is 0 Å². The molecule has 47 heavy (non-hydrogen) atoms. The first-order valence-corrected chi connectivity index (χ1v) is 23.1. The fourth-order valence-electron chi connectivity index (χ4n) is 7.89. The number of hydrogen-bond donors (Lipinski definition) is 0. The topological polar surface area (TPSA) is 0 Å². The molecule has 0 amide bonds. The summed E-state index contributed by atoms with van der Waals surface area (Å²) in [4.78, 5) is 0. The lowest BCUT2D eigenvalue weighted by Gasteiger charge is -2.17. The first kappa shape index (κ1) is 47.0. The summed E-state index contributed by atoms with van der Waals surface area (Å²) in [6.45, 7) is 8.69. The number of hydrogen-bond acceptors (Lipinski definition) is 0. The van der Waals surface area contributed by atoms with Crippen molar-refractivity contribution in [3.8, 4) is 0 Å². The highest BCUT2D eigenvalue weighted by molar-refractivity contribution is 4.62. The van der Waals surface area contributed by atoms with E-state index in [0.29, 0.717) is 0 Å². The van der Waals surface area contributed by atoms with Crippen molar-refractivity contribution in [2.45, 2.75) is 290 Å². The second-order valence-corrected chi connectivity index (χ2v) is 16.2. The highest BCUT2D eigenvalue weighted by atomic mass is 14.1. The third kappa shape index (κ3) is 42.1. The van der Waals surface area contributed by atoms with Gasteiger partial charge in [-0.05, 0) is 5.92 Å². The molecule has 0 aromatic heterocycles. The lowest BCUT2D eigenvalue weighted by molar-refractivity contribution is 0.366. The van der Waals surface area contributed by atoms with Crippen LogP contribution in [0.25, 0.3) is 0 Å². The van der Waals surface area contributed by atoms with Gasteiger partial charge in [0, 0.05) is 0 Å². The van der Waals surface area contributed by atoms with Gasteiger partial charge in [0.05, 0.1) is 0 Å². The summed E-state index contributed by atoms with van der Waals surface area (Å²) in [6.07, 6.45) is 63.1. The maximum Gasteiger partial charge on any atom is -0.0414 e. The van der Waals surface area contributed by atoms with Crippen LogP contribution in [0.5, 0.6) is 0 Å². The van der Waals surface area contributed by atoms with Gasteiger partial charge in [-0.25, -0.2) is 0 Å². The summed E-state index contributed by atoms with van der Waals surface area (Å²) >= 11 is 0. The minimum atomic E-state index is 1.02. The van der Waals surface area contributed by atoms with Crippen LogP contribution in [0, 0.1) is 12.8 Å². The Morgan fingerprint density at radius 2 is 0.404 bits per heavy atom. The molecule has 0 fully saturated rings. The zero-order chi connectivity index (χ0) is 34.0. The van der Waals surface area contributed by atoms with Crippen LogP contribution in [-0.2, 0) is 0 Å². The van der Waals surface area contributed by atoms with Gasteiger partial charge in [0.25, 0.3) is 0 Å². The van der Waals surface area contributed by atoms with E-state index in [9.17, 15) is 0 Å². The van der Waals surface area contributed by atoms with Crippen LogP contribution in [-0.4, -0.2) is 0 Å². The Morgan fingerprint density at radius 3 is 0.596 bits per heavy atom. The molecule has 1 radical (unpaired) electrons. The third-order valence-electron chi connectivity index (χ3n) is 11.3. The molecule has 0 aliphatic heterocycles. The van der Waals surface area contributed by atoms with Crippen molar-refractivity contribution in [3.63, 3.8) is 0 Å². The summed E-state index contributed by atoms with van der Waals surface area (Å²) < 4.78 is 0. The number of unbranched alkanes of at least 4 members (excludes halogenated alkanes) is 37. The molecule has 1 atom stereocenters. The fourth-order valence-corrected chi connectivity index (χ4v) is 7.89. The highest BCUT2D eigenvalue weighted by Crippen LogP contribution is 2.25. The van der Waals surface area contributed by atoms with E-state index in [4.69, 9.17) is 0 Å². The van der Waals surface area contributed by atoms with Gasteiger partial charge in [0.15, 0.2) is 0 Å². The monoisotopic (exact) mass is 660 g/mol. The Hall–Kier alpha value is 0. The molecule has 0 spiro atoms. The molecule has 0 aliphatic rings. The van der Waals surface area contributed by atoms with Crippen LogP contribution in [0.15, 0.2) is 0 Å². The Morgan fingerprint density at radius 1 is 0.234 bits per heavy atom. The van der Waals surface area contributed by atoms with E-state index in [1.807, 2.05) is 0 Å². The molecule has 0 aliphatic carbocycles. The summed E-state index contributed by atoms with van der Waals surface area (Å²) in [7, 11) is 0. The molecular formula is C47H95. The number of rotatable bonds is 43. The molecule has 283 valence electrons. The maximum atomic E-state index is 4.06. The normalized spacial score (nSPS) is 12.3. The molecule has 0 aromatic rings. The van der Waals surface area contributed by atoms with E-state index in [2.05, 4.69) is 20.8 Å². The van der Waals surface area contributed by atoms with Crippen LogP contribution in [0.2, 0.25) is 0 Å². The van der Waals surface area contributed by atoms with Crippen LogP contribution < -0.4 is 0 Å². The van der Waals surface area contributed by atoms with Crippen molar-refractivity contribution in [1.82, 2.24) is 0 Å². The Labute approximate surface area is 302 Å². The SMILES string of the molecule is [CH2]CCCCCC(CCCCCCCCCCCCCCCCCCC)CCCCCCCCCCCCCCCCCCCCC. The lowest BCUT2D eigenvalue weighted by Crippen LogP contribution is -2.01. The van der Waals surface area contributed by atoms with Crippen molar-refractivity contribution in [2.75, 3.05) is 0 Å². The van der Waals surface area contributed by atoms with Crippen molar-refractivity contribution >= 4 is 0 Å². The quantitative estimate of drug-likeness (QED) is 0.0571. The van der Waals surface area contributed by atoms with Crippen LogP contribution >= 0.6 is 0 Å². The van der Waals surface area contributed by atoms with E-state index in [0.717, 1.165) is 12.3 Å². The van der Waals surface area contributed by atoms with Crippen LogP contribution in [0.4, 0.5) is 0 Å². The Kier molecular flexibility index (Phi) is 44.0. The third-order valence-corrected chi connectivity index (χ3v) is 11.3. The van der Waals surface area contributed by atoms with Crippen molar-refractivity contribution < 1.29 is 0 Å². The van der Waals surface area contributed by atoms with Gasteiger partial charge in [-0.15, -0.1) is 0 Å². The Balaban J connectivity index is 3.57. The Bertz CT molecular complexity index is 508. The molecule has 0 rings (SSSR count). The zero-order valence-electron chi connectivity index (χ0n) is 33.7. The van der Waals surface area contributed by atoms with E-state index in [1.165, 1.54) is 270 Å². The predicted molar refractivity (Wildman–Crippen MR) is 219 cm³/mol. The maximum absolute atomic E-state index is 4.06. The average Bonchev–Trinajstić information content (AvgIpc) is 3.08. The minimum Gasteiger partial charge on any atom is -0.0654 e. The molecule has 0 bridgehead atoms. The second kappa shape index (κ2) is 44.0. The van der Waals surface area contributed by atoms with Crippen molar-refractivity contribution in [2.24, 2.45) is 5.92 Å². The summed E-state index contributed by atoms with van der Waals surface area (Å²) in [6, 6.07) is 0. The van der Waals surface area contributed by atoms with E-state index in [1.54, 1.807) is 0 Å². The van der Waals surface area contributed by atoms with Gasteiger partial charge in [0.1, 0.15) is 0 Å². The summed E-state index contributed by atoms with van der Waals surface area (Å²) in [5, 5.41) is 0. The predicted octanol–water partition coefficient (Wildman–Crippen LogP) is 18.3. The largest absolute Gasteiger partial charge is 0.0654 e. The summed E-state index contributed by atoms with van der Waals surface area (Å²) in [5.41, 5.74) is 0. The second-order valence-electron chi connectivity index (χ2n) is 16.2. The van der Waals surface area contributed by atoms with Crippen LogP contribution in [0.1, 0.15) is 290 Å². The van der Waals surface area contributed by atoms with Gasteiger partial charge < -0.3 is 0 Å². The van der Waals surface area contributed by atoms with Crippen molar-refractivity contribution in [3.05, 3.63) is 6.92 Å². The first-order chi connectivity index (χ1) is 23.3. The van der Waals surface area contributed by atoms with E-state index in [-0.39, 0.29) is 0 Å². The van der Waals surface area contributed by atoms with Gasteiger partial charge in [0.2, 0.25) is 0 Å². The molecular weight excluding hydrogens is 565 g/mol. The molecule has 0 N–H and O–H groups in total. The van der Waals surface area contributed by atoms with E-state index < -0.39 is 0 Å². The zero-order valence-corrected chi connectivity index (χ0v) is 33.7. The van der Waals surface area contributed by atoms with Crippen molar-refractivity contribution in [1.29, 1.82) is 0 Å². The minimum absolute atomic E-state index is 1.02. The molecule has 0 heteroatoms. The fraction of sp³-hybridized carbons (Fsp3) is 0.979. The molecule has 0 nitrogen and oxygen atoms in total. The molecule has 0 heterocycles. The van der Waals surface area contributed by atoms with Gasteiger partial charge in [-0.3, -0.25) is 0 Å². The lowest BCUT2D eigenvalue weighted by atomic mass is 9.89. The molecule has 1 unspecified atom stereocenters. The highest BCUT2D eigenvalue weighted by Gasteiger charge is 2.09. The smallest absolute Gasteiger partial charge is 0.0414 e. The summed E-state index contributed by atoms with van der Waals surface area (Å²) in [5.74, 6) is 1.02. The molecule has 0 saturated carbocycles. The molecule has 0 saturated heterocycles. The standard InChI is InChI=1S/C47H95/c1-4-7-10-13-15-17-19-21-23-25-26-28-30-32-34-36-38-40-43-46-47(44-41-12-9-6-3)45-42-39-37-35-33-31-29-27-24-22-20-18-16-14-11-8-5-2/h47H,3-46H2,1-2H3. The van der Waals surface area contributed by atoms with E-state index >= 15 is 0 Å².